The fourth-order valence-electron chi connectivity index (χ4n) is 2.27. The van der Waals surface area contributed by atoms with E-state index >= 15 is 0 Å². The van der Waals surface area contributed by atoms with Crippen molar-refractivity contribution in [3.8, 4) is 0 Å². The Morgan fingerprint density at radius 3 is 2.81 bits per heavy atom. The van der Waals surface area contributed by atoms with Gasteiger partial charge in [-0.1, -0.05) is 6.07 Å². The molecule has 0 spiro atoms. The molecule has 0 radical (unpaired) electrons. The Kier molecular flexibility index (Phi) is 4.58. The Bertz CT molecular complexity index is 673. The van der Waals surface area contributed by atoms with Crippen molar-refractivity contribution in [1.29, 1.82) is 0 Å². The highest BCUT2D eigenvalue weighted by Crippen LogP contribution is 2.24. The van der Waals surface area contributed by atoms with E-state index in [1.165, 1.54) is 24.2 Å². The molecule has 2 aromatic rings. The number of hydrogen-bond donors (Lipinski definition) is 1. The van der Waals surface area contributed by atoms with Crippen LogP contribution in [0.1, 0.15) is 18.5 Å². The maximum atomic E-state index is 12.0. The molecule has 0 saturated carbocycles. The number of nitrogens with zero attached hydrogens (tertiary/aromatic N) is 2. The number of thiazole rings is 1. The Morgan fingerprint density at radius 2 is 2.10 bits per heavy atom. The minimum Gasteiger partial charge on any atom is -0.348 e. The summed E-state index contributed by atoms with van der Waals surface area (Å²) in [6.07, 6.45) is 3.08. The van der Waals surface area contributed by atoms with Crippen molar-refractivity contribution in [2.75, 3.05) is 24.5 Å². The van der Waals surface area contributed by atoms with E-state index in [1.54, 1.807) is 28.8 Å². The summed E-state index contributed by atoms with van der Waals surface area (Å²) in [5, 5.41) is 4.84. The van der Waals surface area contributed by atoms with Crippen molar-refractivity contribution >= 4 is 37.8 Å². The number of aromatic nitrogens is 1. The van der Waals surface area contributed by atoms with E-state index in [0.29, 0.717) is 17.2 Å². The maximum Gasteiger partial charge on any atom is 0.250 e. The molecule has 3 rings (SSSR count). The second-order valence-electron chi connectivity index (χ2n) is 4.90. The molecule has 5 nitrogen and oxygen atoms in total. The fraction of sp³-hybridized carbons (Fsp3) is 0.462. The molecule has 114 valence electrons. The van der Waals surface area contributed by atoms with Gasteiger partial charge < -0.3 is 4.90 Å². The van der Waals surface area contributed by atoms with Crippen LogP contribution in [0.3, 0.4) is 0 Å². The lowest BCUT2D eigenvalue weighted by Gasteiger charge is -2.12. The number of nitrogens with one attached hydrogen (secondary N) is 1. The third-order valence-electron chi connectivity index (χ3n) is 3.35. The highest BCUT2D eigenvalue weighted by Gasteiger charge is 2.17. The summed E-state index contributed by atoms with van der Waals surface area (Å²) in [4.78, 5) is 6.88. The third kappa shape index (κ3) is 3.63. The van der Waals surface area contributed by atoms with Crippen LogP contribution in [0.2, 0.25) is 0 Å². The number of thiophene rings is 1. The van der Waals surface area contributed by atoms with Crippen LogP contribution in [-0.4, -0.2) is 33.0 Å². The van der Waals surface area contributed by atoms with Gasteiger partial charge in [0.2, 0.25) is 10.0 Å². The molecular weight excluding hydrogens is 326 g/mol. The fourth-order valence-corrected chi connectivity index (χ4v) is 5.25. The molecule has 21 heavy (non-hydrogen) atoms. The van der Waals surface area contributed by atoms with Crippen LogP contribution in [0, 0.1) is 0 Å². The molecule has 0 aliphatic carbocycles. The molecule has 0 bridgehead atoms. The summed E-state index contributed by atoms with van der Waals surface area (Å²) in [6, 6.07) is 3.35. The van der Waals surface area contributed by atoms with E-state index in [1.807, 2.05) is 5.38 Å². The van der Waals surface area contributed by atoms with Crippen molar-refractivity contribution in [2.24, 2.45) is 0 Å². The van der Waals surface area contributed by atoms with E-state index in [-0.39, 0.29) is 0 Å². The van der Waals surface area contributed by atoms with Gasteiger partial charge in [0.05, 0.1) is 5.69 Å². The summed E-state index contributed by atoms with van der Waals surface area (Å²) in [5.74, 6) is 0. The average molecular weight is 343 g/mol. The Morgan fingerprint density at radius 1 is 1.29 bits per heavy atom. The molecular formula is C13H17N3O2S3. The molecule has 0 amide bonds. The summed E-state index contributed by atoms with van der Waals surface area (Å²) in [6.45, 7) is 2.54. The number of anilines is 1. The second-order valence-corrected chi connectivity index (χ2v) is 8.67. The van der Waals surface area contributed by atoms with Crippen LogP contribution in [0.5, 0.6) is 0 Å². The van der Waals surface area contributed by atoms with Gasteiger partial charge in [0.25, 0.3) is 0 Å². The largest absolute Gasteiger partial charge is 0.348 e. The smallest absolute Gasteiger partial charge is 0.250 e. The predicted octanol–water partition coefficient (Wildman–Crippen LogP) is 2.33. The number of hydrogen-bond acceptors (Lipinski definition) is 6. The van der Waals surface area contributed by atoms with Gasteiger partial charge in [-0.25, -0.2) is 18.1 Å². The Labute approximate surface area is 132 Å². The Balaban J connectivity index is 1.54. The summed E-state index contributed by atoms with van der Waals surface area (Å²) in [7, 11) is -3.36. The van der Waals surface area contributed by atoms with Crippen LogP contribution in [0.25, 0.3) is 0 Å². The van der Waals surface area contributed by atoms with Crippen molar-refractivity contribution in [3.63, 3.8) is 0 Å². The predicted molar refractivity (Wildman–Crippen MR) is 86.8 cm³/mol. The third-order valence-corrected chi connectivity index (χ3v) is 7.16. The first-order valence-corrected chi connectivity index (χ1v) is 10.1. The van der Waals surface area contributed by atoms with Gasteiger partial charge >= 0.3 is 0 Å². The monoisotopic (exact) mass is 343 g/mol. The van der Waals surface area contributed by atoms with Crippen LogP contribution in [0.15, 0.2) is 27.1 Å². The molecule has 0 atom stereocenters. The molecule has 2 aromatic heterocycles. The van der Waals surface area contributed by atoms with Crippen LogP contribution in [0.4, 0.5) is 5.13 Å². The zero-order valence-electron chi connectivity index (χ0n) is 11.5. The molecule has 3 heterocycles. The van der Waals surface area contributed by atoms with Gasteiger partial charge in [-0.05, 0) is 24.3 Å². The highest BCUT2D eigenvalue weighted by molar-refractivity contribution is 7.91. The molecule has 1 fully saturated rings. The summed E-state index contributed by atoms with van der Waals surface area (Å²) < 4.78 is 26.9. The standard InChI is InChI=1S/C13H17N3O2S3/c17-21(18,12-4-3-9-19-12)14-6-5-11-10-20-13(15-11)16-7-1-2-8-16/h3-4,9-10,14H,1-2,5-8H2. The highest BCUT2D eigenvalue weighted by atomic mass is 32.2. The van der Waals surface area contributed by atoms with Crippen molar-refractivity contribution < 1.29 is 8.42 Å². The molecule has 1 saturated heterocycles. The molecule has 1 aliphatic heterocycles. The lowest BCUT2D eigenvalue weighted by molar-refractivity contribution is 0.583. The SMILES string of the molecule is O=S(=O)(NCCc1csc(N2CCCC2)n1)c1cccs1. The lowest BCUT2D eigenvalue weighted by Crippen LogP contribution is -2.25. The molecule has 0 aromatic carbocycles. The molecule has 1 aliphatic rings. The van der Waals surface area contributed by atoms with Crippen molar-refractivity contribution in [1.82, 2.24) is 9.71 Å². The lowest BCUT2D eigenvalue weighted by atomic mass is 10.3. The average Bonchev–Trinajstić information content (AvgIpc) is 3.20. The maximum absolute atomic E-state index is 12.0. The first kappa shape index (κ1) is 15.0. The van der Waals surface area contributed by atoms with Gasteiger partial charge in [0.1, 0.15) is 4.21 Å². The van der Waals surface area contributed by atoms with E-state index in [4.69, 9.17) is 0 Å². The number of rotatable bonds is 6. The van der Waals surface area contributed by atoms with Gasteiger partial charge in [0.15, 0.2) is 5.13 Å². The van der Waals surface area contributed by atoms with E-state index in [2.05, 4.69) is 14.6 Å². The molecule has 0 unspecified atom stereocenters. The van der Waals surface area contributed by atoms with Gasteiger partial charge in [-0.2, -0.15) is 0 Å². The minimum atomic E-state index is -3.36. The van der Waals surface area contributed by atoms with E-state index < -0.39 is 10.0 Å². The second kappa shape index (κ2) is 6.43. The summed E-state index contributed by atoms with van der Waals surface area (Å²) in [5.41, 5.74) is 0.954. The normalized spacial score (nSPS) is 15.7. The zero-order chi connectivity index (χ0) is 14.7. The molecule has 8 heteroatoms. The van der Waals surface area contributed by atoms with Gasteiger partial charge in [0, 0.05) is 31.4 Å². The van der Waals surface area contributed by atoms with Crippen LogP contribution >= 0.6 is 22.7 Å². The molecule has 1 N–H and O–H groups in total. The Hall–Kier alpha value is -0.960. The minimum absolute atomic E-state index is 0.360. The van der Waals surface area contributed by atoms with E-state index in [0.717, 1.165) is 23.9 Å². The number of sulfonamides is 1. The van der Waals surface area contributed by atoms with Crippen LogP contribution < -0.4 is 9.62 Å². The van der Waals surface area contributed by atoms with E-state index in [9.17, 15) is 8.42 Å². The first-order valence-electron chi connectivity index (χ1n) is 6.88. The van der Waals surface area contributed by atoms with Crippen molar-refractivity contribution in [3.05, 3.63) is 28.6 Å². The van der Waals surface area contributed by atoms with Gasteiger partial charge in [-0.3, -0.25) is 0 Å². The van der Waals surface area contributed by atoms with Gasteiger partial charge in [-0.15, -0.1) is 22.7 Å². The topological polar surface area (TPSA) is 62.3 Å². The first-order chi connectivity index (χ1) is 10.1. The quantitative estimate of drug-likeness (QED) is 0.874. The van der Waals surface area contributed by atoms with Crippen LogP contribution in [-0.2, 0) is 16.4 Å². The zero-order valence-corrected chi connectivity index (χ0v) is 13.9. The van der Waals surface area contributed by atoms with Crippen molar-refractivity contribution in [2.45, 2.75) is 23.5 Å². The summed E-state index contributed by atoms with van der Waals surface area (Å²) >= 11 is 2.87.